The van der Waals surface area contributed by atoms with E-state index >= 15 is 0 Å². The van der Waals surface area contributed by atoms with Crippen LogP contribution < -0.4 is 5.32 Å². The standard InChI is InChI=1S/C18H23NO2/c1-12-5-7-13(8-6-12)11-19-18(21)16-9-14-3-2-4-15(10-16)17(14)20/h5-8,14-16H,2-4,9-11H2,1H3,(H,19,21)/t14-,15-/m0/s1. The average Bonchev–Trinajstić information content (AvgIpc) is 2.46. The van der Waals surface area contributed by atoms with Gasteiger partial charge in [-0.2, -0.15) is 0 Å². The number of nitrogens with one attached hydrogen (secondary N) is 1. The maximum Gasteiger partial charge on any atom is 0.223 e. The van der Waals surface area contributed by atoms with E-state index in [-0.39, 0.29) is 23.7 Å². The van der Waals surface area contributed by atoms with Crippen LogP contribution in [-0.4, -0.2) is 11.7 Å². The van der Waals surface area contributed by atoms with E-state index in [0.717, 1.165) is 37.7 Å². The van der Waals surface area contributed by atoms with Crippen molar-refractivity contribution in [2.45, 2.75) is 45.6 Å². The lowest BCUT2D eigenvalue weighted by molar-refractivity contribution is -0.137. The molecule has 0 heterocycles. The molecule has 2 saturated carbocycles. The third kappa shape index (κ3) is 3.17. The lowest BCUT2D eigenvalue weighted by Crippen LogP contribution is -2.42. The van der Waals surface area contributed by atoms with Crippen molar-refractivity contribution in [3.63, 3.8) is 0 Å². The molecule has 1 aromatic carbocycles. The van der Waals surface area contributed by atoms with Gasteiger partial charge in [-0.25, -0.2) is 0 Å². The molecule has 2 fully saturated rings. The molecule has 0 saturated heterocycles. The molecule has 1 N–H and O–H groups in total. The molecule has 1 amide bonds. The van der Waals surface area contributed by atoms with Crippen molar-refractivity contribution in [3.8, 4) is 0 Å². The number of carbonyl (C=O) groups excluding carboxylic acids is 2. The fraction of sp³-hybridized carbons (Fsp3) is 0.556. The summed E-state index contributed by atoms with van der Waals surface area (Å²) >= 11 is 0. The Kier molecular flexibility index (Phi) is 4.09. The minimum atomic E-state index is 0.0310. The quantitative estimate of drug-likeness (QED) is 0.928. The lowest BCUT2D eigenvalue weighted by Gasteiger charge is -2.36. The van der Waals surface area contributed by atoms with Gasteiger partial charge in [0.05, 0.1) is 0 Å². The van der Waals surface area contributed by atoms with Crippen LogP contribution >= 0.6 is 0 Å². The number of hydrogen-bond donors (Lipinski definition) is 1. The van der Waals surface area contributed by atoms with Gasteiger partial charge in [0, 0.05) is 24.3 Å². The Bertz CT molecular complexity index is 519. The van der Waals surface area contributed by atoms with E-state index in [9.17, 15) is 9.59 Å². The molecular formula is C18H23NO2. The van der Waals surface area contributed by atoms with Crippen molar-refractivity contribution in [1.29, 1.82) is 0 Å². The van der Waals surface area contributed by atoms with Gasteiger partial charge in [0.15, 0.2) is 0 Å². The van der Waals surface area contributed by atoms with Crippen LogP contribution in [0.25, 0.3) is 0 Å². The predicted molar refractivity (Wildman–Crippen MR) is 81.6 cm³/mol. The number of fused-ring (bicyclic) bond motifs is 2. The van der Waals surface area contributed by atoms with E-state index in [2.05, 4.69) is 36.5 Å². The Morgan fingerprint density at radius 1 is 1.14 bits per heavy atom. The first-order chi connectivity index (χ1) is 10.1. The maximum absolute atomic E-state index is 12.4. The van der Waals surface area contributed by atoms with E-state index in [4.69, 9.17) is 0 Å². The Labute approximate surface area is 126 Å². The van der Waals surface area contributed by atoms with Gasteiger partial charge in [-0.1, -0.05) is 36.2 Å². The van der Waals surface area contributed by atoms with Crippen LogP contribution in [0.5, 0.6) is 0 Å². The van der Waals surface area contributed by atoms with E-state index in [0.29, 0.717) is 12.3 Å². The highest BCUT2D eigenvalue weighted by Gasteiger charge is 2.41. The molecule has 2 aliphatic carbocycles. The van der Waals surface area contributed by atoms with Crippen LogP contribution in [0.3, 0.4) is 0 Å². The second-order valence-corrected chi connectivity index (χ2v) is 6.60. The van der Waals surface area contributed by atoms with E-state index < -0.39 is 0 Å². The van der Waals surface area contributed by atoms with Crippen LogP contribution in [0.4, 0.5) is 0 Å². The number of benzene rings is 1. The second-order valence-electron chi connectivity index (χ2n) is 6.60. The fourth-order valence-corrected chi connectivity index (χ4v) is 3.73. The Balaban J connectivity index is 1.56. The molecule has 3 heteroatoms. The number of hydrogen-bond acceptors (Lipinski definition) is 2. The largest absolute Gasteiger partial charge is 0.352 e. The van der Waals surface area contributed by atoms with Crippen LogP contribution in [0.2, 0.25) is 0 Å². The second kappa shape index (κ2) is 6.00. The van der Waals surface area contributed by atoms with E-state index in [1.165, 1.54) is 5.56 Å². The normalized spacial score (nSPS) is 28.2. The number of amides is 1. The predicted octanol–water partition coefficient (Wildman–Crippen LogP) is 3.01. The van der Waals surface area contributed by atoms with Crippen LogP contribution in [0.1, 0.15) is 43.2 Å². The monoisotopic (exact) mass is 285 g/mol. The summed E-state index contributed by atoms with van der Waals surface area (Å²) in [5, 5.41) is 3.04. The molecule has 0 aliphatic heterocycles. The van der Waals surface area contributed by atoms with Gasteiger partial charge in [0.2, 0.25) is 5.91 Å². The molecule has 0 spiro atoms. The summed E-state index contributed by atoms with van der Waals surface area (Å²) < 4.78 is 0. The molecule has 1 aromatic rings. The SMILES string of the molecule is Cc1ccc(CNC(=O)C2C[C@@H]3CCC[C@@H](C2)C3=O)cc1. The molecule has 2 bridgehead atoms. The lowest BCUT2D eigenvalue weighted by atomic mass is 9.67. The fourth-order valence-electron chi connectivity index (χ4n) is 3.73. The molecule has 3 nitrogen and oxygen atoms in total. The van der Waals surface area contributed by atoms with E-state index in [1.807, 2.05) is 0 Å². The summed E-state index contributed by atoms with van der Waals surface area (Å²) in [5.41, 5.74) is 2.35. The first kappa shape index (κ1) is 14.3. The smallest absolute Gasteiger partial charge is 0.223 e. The van der Waals surface area contributed by atoms with Crippen molar-refractivity contribution >= 4 is 11.7 Å². The number of aryl methyl sites for hydroxylation is 1. The molecule has 0 unspecified atom stereocenters. The minimum absolute atomic E-state index is 0.0310. The topological polar surface area (TPSA) is 46.2 Å². The van der Waals surface area contributed by atoms with Gasteiger partial charge in [-0.3, -0.25) is 9.59 Å². The summed E-state index contributed by atoms with van der Waals surface area (Å²) in [7, 11) is 0. The molecule has 0 radical (unpaired) electrons. The summed E-state index contributed by atoms with van der Waals surface area (Å²) in [4.78, 5) is 24.4. The number of carbonyl (C=O) groups is 2. The van der Waals surface area contributed by atoms with Crippen molar-refractivity contribution in [2.24, 2.45) is 17.8 Å². The Morgan fingerprint density at radius 3 is 2.38 bits per heavy atom. The molecular weight excluding hydrogens is 262 g/mol. The van der Waals surface area contributed by atoms with Gasteiger partial charge in [0.1, 0.15) is 5.78 Å². The summed E-state index contributed by atoms with van der Waals surface area (Å²) in [5.74, 6) is 0.868. The zero-order valence-electron chi connectivity index (χ0n) is 12.6. The van der Waals surface area contributed by atoms with Gasteiger partial charge in [0.25, 0.3) is 0 Å². The van der Waals surface area contributed by atoms with Gasteiger partial charge in [-0.15, -0.1) is 0 Å². The Morgan fingerprint density at radius 2 is 1.76 bits per heavy atom. The van der Waals surface area contributed by atoms with Crippen molar-refractivity contribution in [1.82, 2.24) is 5.32 Å². The van der Waals surface area contributed by atoms with Crippen molar-refractivity contribution in [2.75, 3.05) is 0 Å². The average molecular weight is 285 g/mol. The van der Waals surface area contributed by atoms with Crippen molar-refractivity contribution < 1.29 is 9.59 Å². The maximum atomic E-state index is 12.4. The van der Waals surface area contributed by atoms with Gasteiger partial charge < -0.3 is 5.32 Å². The number of Topliss-reactive ketones (excluding diaryl/α,β-unsaturated/α-hetero) is 1. The summed E-state index contributed by atoms with van der Waals surface area (Å²) in [6.45, 7) is 2.64. The summed E-state index contributed by atoms with van der Waals surface area (Å²) in [6.07, 6.45) is 4.64. The zero-order valence-corrected chi connectivity index (χ0v) is 12.6. The van der Waals surface area contributed by atoms with Gasteiger partial charge >= 0.3 is 0 Å². The first-order valence-electron chi connectivity index (χ1n) is 8.00. The van der Waals surface area contributed by atoms with Crippen molar-refractivity contribution in [3.05, 3.63) is 35.4 Å². The molecule has 0 aromatic heterocycles. The zero-order chi connectivity index (χ0) is 14.8. The minimum Gasteiger partial charge on any atom is -0.352 e. The number of rotatable bonds is 3. The molecule has 3 rings (SSSR count). The highest BCUT2D eigenvalue weighted by Crippen LogP contribution is 2.40. The van der Waals surface area contributed by atoms with Crippen LogP contribution in [-0.2, 0) is 16.1 Å². The third-order valence-corrected chi connectivity index (χ3v) is 5.01. The highest BCUT2D eigenvalue weighted by molar-refractivity contribution is 5.88. The molecule has 2 atom stereocenters. The highest BCUT2D eigenvalue weighted by atomic mass is 16.2. The molecule has 2 aliphatic rings. The first-order valence-corrected chi connectivity index (χ1v) is 8.00. The summed E-state index contributed by atoms with van der Waals surface area (Å²) in [6, 6.07) is 8.22. The number of ketones is 1. The van der Waals surface area contributed by atoms with Gasteiger partial charge in [-0.05, 0) is 38.2 Å². The molecule has 21 heavy (non-hydrogen) atoms. The van der Waals surface area contributed by atoms with E-state index in [1.54, 1.807) is 0 Å². The molecule has 112 valence electrons. The Hall–Kier alpha value is -1.64. The third-order valence-electron chi connectivity index (χ3n) is 5.01. The van der Waals surface area contributed by atoms with Crippen LogP contribution in [0.15, 0.2) is 24.3 Å². The van der Waals surface area contributed by atoms with Crippen LogP contribution in [0, 0.1) is 24.7 Å².